The molecule has 8 heteroatoms. The van der Waals surface area contributed by atoms with Crippen LogP contribution in [0, 0.1) is 11.6 Å². The van der Waals surface area contributed by atoms with Gasteiger partial charge in [0.25, 0.3) is 5.56 Å². The maximum atomic E-state index is 13.7. The van der Waals surface area contributed by atoms with Crippen molar-refractivity contribution in [3.05, 3.63) is 89.1 Å². The molecule has 0 bridgehead atoms. The second-order valence-corrected chi connectivity index (χ2v) is 7.07. The number of hydrogen-bond donors (Lipinski definition) is 1. The van der Waals surface area contributed by atoms with E-state index < -0.39 is 11.6 Å². The summed E-state index contributed by atoms with van der Waals surface area (Å²) in [6, 6.07) is 12.6. The molecule has 0 spiro atoms. The number of aromatic amines is 1. The number of rotatable bonds is 3. The molecule has 152 valence electrons. The van der Waals surface area contributed by atoms with Crippen LogP contribution in [0.1, 0.15) is 0 Å². The van der Waals surface area contributed by atoms with Crippen LogP contribution in [0.4, 0.5) is 8.78 Å². The Hall–Kier alpha value is -4.20. The highest BCUT2D eigenvalue weighted by Crippen LogP contribution is 2.31. The summed E-state index contributed by atoms with van der Waals surface area (Å²) in [5.41, 5.74) is 4.41. The molecule has 0 radical (unpaired) electrons. The minimum absolute atomic E-state index is 0.129. The number of hydrogen-bond acceptors (Lipinski definition) is 4. The Morgan fingerprint density at radius 3 is 2.65 bits per heavy atom. The van der Waals surface area contributed by atoms with Gasteiger partial charge in [-0.3, -0.25) is 14.9 Å². The SMILES string of the molecule is Cn1cccc(-c2cnc3ccc(-c4c[nH]nc4-c4ccc(F)c(F)c4)nc3c2)c1=O. The quantitative estimate of drug-likeness (QED) is 0.476. The first-order valence-electron chi connectivity index (χ1n) is 9.43. The lowest BCUT2D eigenvalue weighted by Gasteiger charge is -2.07. The molecule has 5 aromatic rings. The molecule has 6 nitrogen and oxygen atoms in total. The molecule has 0 fully saturated rings. The Morgan fingerprint density at radius 1 is 0.935 bits per heavy atom. The summed E-state index contributed by atoms with van der Waals surface area (Å²) < 4.78 is 28.5. The molecular weight excluding hydrogens is 400 g/mol. The molecule has 0 saturated heterocycles. The summed E-state index contributed by atoms with van der Waals surface area (Å²) >= 11 is 0. The van der Waals surface area contributed by atoms with Crippen LogP contribution in [0.3, 0.4) is 0 Å². The van der Waals surface area contributed by atoms with E-state index in [1.54, 1.807) is 49.9 Å². The molecule has 0 unspecified atom stereocenters. The summed E-state index contributed by atoms with van der Waals surface area (Å²) in [6.07, 6.45) is 4.98. The molecular formula is C23H15F2N5O. The van der Waals surface area contributed by atoms with Gasteiger partial charge in [0.1, 0.15) is 5.69 Å². The van der Waals surface area contributed by atoms with Crippen LogP contribution in [0.5, 0.6) is 0 Å². The lowest BCUT2D eigenvalue weighted by Crippen LogP contribution is -2.17. The summed E-state index contributed by atoms with van der Waals surface area (Å²) in [5.74, 6) is -1.87. The maximum Gasteiger partial charge on any atom is 0.258 e. The largest absolute Gasteiger partial charge is 0.318 e. The van der Waals surface area contributed by atoms with E-state index in [0.29, 0.717) is 44.7 Å². The van der Waals surface area contributed by atoms with E-state index in [2.05, 4.69) is 20.2 Å². The Kier molecular flexibility index (Phi) is 4.39. The van der Waals surface area contributed by atoms with Gasteiger partial charge < -0.3 is 4.57 Å². The van der Waals surface area contributed by atoms with E-state index in [-0.39, 0.29) is 5.56 Å². The molecule has 4 aromatic heterocycles. The fraction of sp³-hybridized carbons (Fsp3) is 0.0435. The summed E-state index contributed by atoms with van der Waals surface area (Å²) in [7, 11) is 1.69. The molecule has 0 saturated carbocycles. The second-order valence-electron chi connectivity index (χ2n) is 7.07. The van der Waals surface area contributed by atoms with Crippen LogP contribution >= 0.6 is 0 Å². The van der Waals surface area contributed by atoms with Gasteiger partial charge in [0.05, 0.1) is 16.7 Å². The number of aromatic nitrogens is 5. The average molecular weight is 415 g/mol. The average Bonchev–Trinajstić information content (AvgIpc) is 3.27. The van der Waals surface area contributed by atoms with Crippen molar-refractivity contribution < 1.29 is 8.78 Å². The second kappa shape index (κ2) is 7.24. The van der Waals surface area contributed by atoms with Gasteiger partial charge in [0.15, 0.2) is 11.6 Å². The Morgan fingerprint density at radius 2 is 1.81 bits per heavy atom. The van der Waals surface area contributed by atoms with Crippen molar-refractivity contribution >= 4 is 11.0 Å². The van der Waals surface area contributed by atoms with Crippen LogP contribution < -0.4 is 5.56 Å². The predicted octanol–water partition coefficient (Wildman–Crippen LogP) is 4.33. The minimum atomic E-state index is -0.948. The van der Waals surface area contributed by atoms with E-state index in [4.69, 9.17) is 0 Å². The summed E-state index contributed by atoms with van der Waals surface area (Å²) in [5, 5.41) is 6.95. The summed E-state index contributed by atoms with van der Waals surface area (Å²) in [6.45, 7) is 0. The molecule has 31 heavy (non-hydrogen) atoms. The van der Waals surface area contributed by atoms with Gasteiger partial charge in [-0.05, 0) is 48.5 Å². The molecule has 1 N–H and O–H groups in total. The third-order valence-electron chi connectivity index (χ3n) is 5.08. The van der Waals surface area contributed by atoms with E-state index in [1.165, 1.54) is 10.6 Å². The number of halogens is 2. The van der Waals surface area contributed by atoms with Gasteiger partial charge in [-0.2, -0.15) is 5.10 Å². The zero-order valence-electron chi connectivity index (χ0n) is 16.3. The molecule has 4 heterocycles. The van der Waals surface area contributed by atoms with Gasteiger partial charge >= 0.3 is 0 Å². The van der Waals surface area contributed by atoms with Gasteiger partial charge in [-0.15, -0.1) is 0 Å². The number of fused-ring (bicyclic) bond motifs is 1. The molecule has 0 aliphatic heterocycles. The van der Waals surface area contributed by atoms with Gasteiger partial charge in [-0.25, -0.2) is 13.8 Å². The molecule has 5 rings (SSSR count). The zero-order chi connectivity index (χ0) is 21.5. The van der Waals surface area contributed by atoms with Crippen molar-refractivity contribution in [2.45, 2.75) is 0 Å². The van der Waals surface area contributed by atoms with Crippen LogP contribution in [0.15, 0.2) is 71.9 Å². The highest BCUT2D eigenvalue weighted by molar-refractivity contribution is 5.85. The fourth-order valence-electron chi connectivity index (χ4n) is 3.47. The van der Waals surface area contributed by atoms with Crippen LogP contribution in [-0.4, -0.2) is 24.7 Å². The number of nitrogens with zero attached hydrogens (tertiary/aromatic N) is 4. The standard InChI is InChI=1S/C23H15F2N5O/c1-30-8-2-3-15(23(30)31)14-10-21-20(26-11-14)7-6-19(28-21)16-12-27-29-22(16)13-4-5-17(24)18(25)9-13/h2-12H,1H3,(H,27,29). The fourth-order valence-corrected chi connectivity index (χ4v) is 3.47. The van der Waals surface area contributed by atoms with Gasteiger partial charge in [0.2, 0.25) is 0 Å². The van der Waals surface area contributed by atoms with Crippen molar-refractivity contribution in [3.8, 4) is 33.6 Å². The minimum Gasteiger partial charge on any atom is -0.318 e. The third kappa shape index (κ3) is 3.28. The normalized spacial score (nSPS) is 11.2. The van der Waals surface area contributed by atoms with E-state index in [9.17, 15) is 13.6 Å². The third-order valence-corrected chi connectivity index (χ3v) is 5.08. The summed E-state index contributed by atoms with van der Waals surface area (Å²) in [4.78, 5) is 21.6. The van der Waals surface area contributed by atoms with Gasteiger partial charge in [-0.1, -0.05) is 0 Å². The van der Waals surface area contributed by atoms with Crippen molar-refractivity contribution in [2.24, 2.45) is 7.05 Å². The smallest absolute Gasteiger partial charge is 0.258 e. The topological polar surface area (TPSA) is 76.5 Å². The maximum absolute atomic E-state index is 13.7. The van der Waals surface area contributed by atoms with Crippen LogP contribution in [-0.2, 0) is 7.05 Å². The lowest BCUT2D eigenvalue weighted by atomic mass is 10.0. The van der Waals surface area contributed by atoms with E-state index in [0.717, 1.165) is 12.1 Å². The highest BCUT2D eigenvalue weighted by Gasteiger charge is 2.15. The molecule has 0 atom stereocenters. The zero-order valence-corrected chi connectivity index (χ0v) is 16.3. The van der Waals surface area contributed by atoms with Crippen LogP contribution in [0.2, 0.25) is 0 Å². The first-order chi connectivity index (χ1) is 15.0. The predicted molar refractivity (Wildman–Crippen MR) is 113 cm³/mol. The highest BCUT2D eigenvalue weighted by atomic mass is 19.2. The van der Waals surface area contributed by atoms with Crippen molar-refractivity contribution in [1.29, 1.82) is 0 Å². The van der Waals surface area contributed by atoms with E-state index >= 15 is 0 Å². The number of nitrogens with one attached hydrogen (secondary N) is 1. The monoisotopic (exact) mass is 415 g/mol. The van der Waals surface area contributed by atoms with Crippen molar-refractivity contribution in [1.82, 2.24) is 24.7 Å². The molecule has 1 aromatic carbocycles. The van der Waals surface area contributed by atoms with Crippen molar-refractivity contribution in [3.63, 3.8) is 0 Å². The molecule has 0 aliphatic carbocycles. The Bertz CT molecular complexity index is 1510. The number of benzene rings is 1. The number of pyridine rings is 3. The lowest BCUT2D eigenvalue weighted by molar-refractivity contribution is 0.509. The van der Waals surface area contributed by atoms with Crippen molar-refractivity contribution in [2.75, 3.05) is 0 Å². The van der Waals surface area contributed by atoms with Crippen LogP contribution in [0.25, 0.3) is 44.7 Å². The molecule has 0 amide bonds. The first-order valence-corrected chi connectivity index (χ1v) is 9.43. The Labute approximate surface area is 174 Å². The number of H-pyrrole nitrogens is 1. The molecule has 0 aliphatic rings. The Balaban J connectivity index is 1.63. The number of aryl methyl sites for hydroxylation is 1. The van der Waals surface area contributed by atoms with Gasteiger partial charge in [0, 0.05) is 47.9 Å². The first kappa shape index (κ1) is 18.8. The van der Waals surface area contributed by atoms with E-state index in [1.807, 2.05) is 6.07 Å².